The molecule has 6 heteroatoms. The second-order valence-corrected chi connectivity index (χ2v) is 4.84. The Morgan fingerprint density at radius 2 is 2.11 bits per heavy atom. The maximum absolute atomic E-state index is 10.7. The summed E-state index contributed by atoms with van der Waals surface area (Å²) in [5.41, 5.74) is 0.821. The number of rotatable bonds is 3. The van der Waals surface area contributed by atoms with E-state index >= 15 is 0 Å². The largest absolute Gasteiger partial charge is 0.476 e. The smallest absolute Gasteiger partial charge is 0.356 e. The van der Waals surface area contributed by atoms with E-state index in [1.165, 1.54) is 17.1 Å². The Hall–Kier alpha value is -2.47. The Labute approximate surface area is 112 Å². The maximum Gasteiger partial charge on any atom is 0.356 e. The van der Waals surface area contributed by atoms with E-state index in [4.69, 9.17) is 5.11 Å². The predicted octanol–water partition coefficient (Wildman–Crippen LogP) is 3.13. The number of nitrogens with one attached hydrogen (secondary N) is 1. The second-order valence-electron chi connectivity index (χ2n) is 3.89. The summed E-state index contributed by atoms with van der Waals surface area (Å²) in [6.45, 7) is 0. The van der Waals surface area contributed by atoms with Crippen LogP contribution in [0, 0.1) is 0 Å². The van der Waals surface area contributed by atoms with Gasteiger partial charge in [0.15, 0.2) is 5.69 Å². The zero-order chi connectivity index (χ0) is 13.2. The van der Waals surface area contributed by atoms with Crippen LogP contribution in [0.1, 0.15) is 10.5 Å². The summed E-state index contributed by atoms with van der Waals surface area (Å²) in [6.07, 6.45) is 2.63. The summed E-state index contributed by atoms with van der Waals surface area (Å²) in [7, 11) is 0. The van der Waals surface area contributed by atoms with Gasteiger partial charge in [0.25, 0.3) is 0 Å². The third-order valence-corrected chi connectivity index (χ3v) is 3.49. The van der Waals surface area contributed by atoms with Gasteiger partial charge in [0.05, 0.1) is 12.4 Å². The maximum atomic E-state index is 10.7. The van der Waals surface area contributed by atoms with Gasteiger partial charge in [0.2, 0.25) is 0 Å². The average molecular weight is 271 g/mol. The molecule has 0 bridgehead atoms. The van der Waals surface area contributed by atoms with Crippen LogP contribution in [-0.4, -0.2) is 21.0 Å². The quantitative estimate of drug-likeness (QED) is 0.765. The van der Waals surface area contributed by atoms with Gasteiger partial charge in [-0.2, -0.15) is 0 Å². The third kappa shape index (κ3) is 2.38. The fourth-order valence-corrected chi connectivity index (χ4v) is 2.47. The topological polar surface area (TPSA) is 75.1 Å². The van der Waals surface area contributed by atoms with Crippen molar-refractivity contribution in [3.8, 4) is 0 Å². The van der Waals surface area contributed by atoms with Crippen LogP contribution < -0.4 is 5.32 Å². The fraction of sp³-hybridized carbons (Fsp3) is 0. The molecule has 0 fully saturated rings. The highest BCUT2D eigenvalue weighted by Gasteiger charge is 2.05. The highest BCUT2D eigenvalue weighted by Crippen LogP contribution is 2.25. The molecule has 0 aliphatic rings. The zero-order valence-electron chi connectivity index (χ0n) is 9.70. The van der Waals surface area contributed by atoms with Gasteiger partial charge in [-0.25, -0.2) is 14.8 Å². The molecule has 94 valence electrons. The fourth-order valence-electron chi connectivity index (χ4n) is 1.70. The predicted molar refractivity (Wildman–Crippen MR) is 74.1 cm³/mol. The number of hydrogen-bond acceptors (Lipinski definition) is 5. The average Bonchev–Trinajstić information content (AvgIpc) is 2.87. The van der Waals surface area contributed by atoms with Crippen molar-refractivity contribution >= 4 is 38.9 Å². The van der Waals surface area contributed by atoms with Gasteiger partial charge < -0.3 is 10.4 Å². The summed E-state index contributed by atoms with van der Waals surface area (Å²) in [5, 5.41) is 15.0. The van der Waals surface area contributed by atoms with Crippen LogP contribution in [-0.2, 0) is 0 Å². The summed E-state index contributed by atoms with van der Waals surface area (Å²) >= 11 is 1.69. The monoisotopic (exact) mass is 271 g/mol. The van der Waals surface area contributed by atoms with Crippen LogP contribution >= 0.6 is 11.3 Å². The lowest BCUT2D eigenvalue weighted by Gasteiger charge is -2.05. The molecule has 0 saturated carbocycles. The Morgan fingerprint density at radius 1 is 1.21 bits per heavy atom. The van der Waals surface area contributed by atoms with Gasteiger partial charge in [-0.1, -0.05) is 0 Å². The van der Waals surface area contributed by atoms with E-state index in [1.54, 1.807) is 11.3 Å². The summed E-state index contributed by atoms with van der Waals surface area (Å²) < 4.78 is 1.22. The first-order valence-electron chi connectivity index (χ1n) is 5.52. The van der Waals surface area contributed by atoms with E-state index in [9.17, 15) is 4.79 Å². The molecule has 0 spiro atoms. The Morgan fingerprint density at radius 3 is 2.84 bits per heavy atom. The Balaban J connectivity index is 1.85. The minimum atomic E-state index is -1.08. The number of fused-ring (bicyclic) bond motifs is 1. The van der Waals surface area contributed by atoms with E-state index < -0.39 is 5.97 Å². The molecule has 2 aromatic heterocycles. The number of thiophene rings is 1. The SMILES string of the molecule is O=C(O)c1cnc(Nc2ccc3sccc3c2)cn1. The van der Waals surface area contributed by atoms with E-state index in [0.29, 0.717) is 5.82 Å². The van der Waals surface area contributed by atoms with Crippen LogP contribution in [0.4, 0.5) is 11.5 Å². The van der Waals surface area contributed by atoms with Crippen molar-refractivity contribution in [3.63, 3.8) is 0 Å². The van der Waals surface area contributed by atoms with Crippen LogP contribution in [0.25, 0.3) is 10.1 Å². The van der Waals surface area contributed by atoms with E-state index in [1.807, 2.05) is 29.6 Å². The van der Waals surface area contributed by atoms with Gasteiger partial charge >= 0.3 is 5.97 Å². The van der Waals surface area contributed by atoms with Crippen molar-refractivity contribution in [2.75, 3.05) is 5.32 Å². The van der Waals surface area contributed by atoms with Crippen molar-refractivity contribution in [1.82, 2.24) is 9.97 Å². The summed E-state index contributed by atoms with van der Waals surface area (Å²) in [6, 6.07) is 8.04. The molecule has 0 aliphatic heterocycles. The minimum absolute atomic E-state index is 0.0705. The number of nitrogens with zero attached hydrogens (tertiary/aromatic N) is 2. The van der Waals surface area contributed by atoms with Crippen LogP contribution in [0.5, 0.6) is 0 Å². The van der Waals surface area contributed by atoms with Crippen LogP contribution in [0.3, 0.4) is 0 Å². The van der Waals surface area contributed by atoms with E-state index in [2.05, 4.69) is 15.3 Å². The normalized spacial score (nSPS) is 10.5. The van der Waals surface area contributed by atoms with Gasteiger partial charge in [-0.3, -0.25) is 0 Å². The molecule has 3 aromatic rings. The zero-order valence-corrected chi connectivity index (χ0v) is 10.5. The molecule has 0 saturated heterocycles. The molecule has 5 nitrogen and oxygen atoms in total. The van der Waals surface area contributed by atoms with Gasteiger partial charge in [-0.05, 0) is 35.0 Å². The number of hydrogen-bond donors (Lipinski definition) is 2. The molecular weight excluding hydrogens is 262 g/mol. The van der Waals surface area contributed by atoms with Crippen molar-refractivity contribution in [2.45, 2.75) is 0 Å². The molecule has 19 heavy (non-hydrogen) atoms. The number of aromatic carboxylic acids is 1. The minimum Gasteiger partial charge on any atom is -0.476 e. The first-order chi connectivity index (χ1) is 9.22. The highest BCUT2D eigenvalue weighted by atomic mass is 32.1. The van der Waals surface area contributed by atoms with Crippen molar-refractivity contribution < 1.29 is 9.90 Å². The Bertz CT molecular complexity index is 737. The van der Waals surface area contributed by atoms with Crippen molar-refractivity contribution in [2.24, 2.45) is 0 Å². The number of benzene rings is 1. The molecule has 0 atom stereocenters. The Kier molecular flexibility index (Phi) is 2.85. The molecule has 1 aromatic carbocycles. The second kappa shape index (κ2) is 4.66. The highest BCUT2D eigenvalue weighted by molar-refractivity contribution is 7.17. The third-order valence-electron chi connectivity index (χ3n) is 2.60. The number of aromatic nitrogens is 2. The molecule has 0 aliphatic carbocycles. The van der Waals surface area contributed by atoms with Crippen molar-refractivity contribution in [1.29, 1.82) is 0 Å². The number of carbonyl (C=O) groups is 1. The van der Waals surface area contributed by atoms with Crippen LogP contribution in [0.15, 0.2) is 42.0 Å². The number of carboxylic acid groups (broad SMARTS) is 1. The lowest BCUT2D eigenvalue weighted by Crippen LogP contribution is -2.02. The summed E-state index contributed by atoms with van der Waals surface area (Å²) in [5.74, 6) is -0.571. The molecule has 2 N–H and O–H groups in total. The van der Waals surface area contributed by atoms with Gasteiger partial charge in [-0.15, -0.1) is 11.3 Å². The molecule has 3 rings (SSSR count). The molecular formula is C13H9N3O2S. The first-order valence-corrected chi connectivity index (χ1v) is 6.40. The molecule has 0 amide bonds. The lowest BCUT2D eigenvalue weighted by atomic mass is 10.2. The molecule has 0 radical (unpaired) electrons. The van der Waals surface area contributed by atoms with Gasteiger partial charge in [0, 0.05) is 10.4 Å². The number of carboxylic acids is 1. The molecule has 0 unspecified atom stereocenters. The van der Waals surface area contributed by atoms with Crippen LogP contribution in [0.2, 0.25) is 0 Å². The van der Waals surface area contributed by atoms with E-state index in [-0.39, 0.29) is 5.69 Å². The van der Waals surface area contributed by atoms with E-state index in [0.717, 1.165) is 11.1 Å². The van der Waals surface area contributed by atoms with Gasteiger partial charge in [0.1, 0.15) is 5.82 Å². The summed E-state index contributed by atoms with van der Waals surface area (Å²) in [4.78, 5) is 18.5. The number of anilines is 2. The molecule has 2 heterocycles. The van der Waals surface area contributed by atoms with Crippen molar-refractivity contribution in [3.05, 3.63) is 47.7 Å². The first kappa shape index (κ1) is 11.6. The lowest BCUT2D eigenvalue weighted by molar-refractivity contribution is 0.0690. The standard InChI is InChI=1S/C13H9N3O2S/c17-13(18)10-6-15-12(7-14-10)16-9-1-2-11-8(5-9)3-4-19-11/h1-7H,(H,15,16)(H,17,18).